The normalized spacial score (nSPS) is 14.4. The smallest absolute Gasteiger partial charge is 0.414 e. The lowest BCUT2D eigenvalue weighted by Crippen LogP contribution is -2.39. The van der Waals surface area contributed by atoms with Crippen LogP contribution < -0.4 is 15.0 Å². The van der Waals surface area contributed by atoms with Gasteiger partial charge in [-0.2, -0.15) is 0 Å². The summed E-state index contributed by atoms with van der Waals surface area (Å²) in [6.45, 7) is 5.58. The second-order valence-electron chi connectivity index (χ2n) is 8.70. The van der Waals surface area contributed by atoms with E-state index in [9.17, 15) is 14.4 Å². The zero-order valence-electron chi connectivity index (χ0n) is 21.1. The predicted octanol–water partition coefficient (Wildman–Crippen LogP) is 3.62. The second kappa shape index (κ2) is 14.0. The Labute approximate surface area is 216 Å². The Morgan fingerprint density at radius 2 is 1.76 bits per heavy atom. The monoisotopic (exact) mass is 510 g/mol. The summed E-state index contributed by atoms with van der Waals surface area (Å²) in [6.07, 6.45) is 5.59. The number of benzene rings is 2. The van der Waals surface area contributed by atoms with E-state index in [0.717, 1.165) is 56.6 Å². The number of fused-ring (bicyclic) bond motifs is 2. The van der Waals surface area contributed by atoms with Crippen molar-refractivity contribution in [3.05, 3.63) is 70.8 Å². The van der Waals surface area contributed by atoms with Crippen LogP contribution in [0.25, 0.3) is 0 Å². The van der Waals surface area contributed by atoms with Crippen molar-refractivity contribution >= 4 is 23.7 Å². The number of nitrogens with zero attached hydrogens (tertiary/aromatic N) is 1. The summed E-state index contributed by atoms with van der Waals surface area (Å²) >= 11 is 0. The fraction of sp³-hybridized carbons (Fsp3) is 0.393. The minimum Gasteiger partial charge on any atom is -0.489 e. The summed E-state index contributed by atoms with van der Waals surface area (Å²) in [5, 5.41) is 19.1. The van der Waals surface area contributed by atoms with Crippen molar-refractivity contribution < 1.29 is 34.1 Å². The first-order valence-corrected chi connectivity index (χ1v) is 12.5. The number of carboxylic acids is 2. The number of rotatable bonds is 7. The molecule has 0 saturated carbocycles. The molecule has 3 N–H and O–H groups in total. The Morgan fingerprint density at radius 1 is 1.05 bits per heavy atom. The van der Waals surface area contributed by atoms with Gasteiger partial charge in [0, 0.05) is 18.6 Å². The fourth-order valence-corrected chi connectivity index (χ4v) is 4.45. The van der Waals surface area contributed by atoms with Gasteiger partial charge in [0.2, 0.25) is 0 Å². The molecule has 0 spiro atoms. The Hall–Kier alpha value is -3.85. The van der Waals surface area contributed by atoms with Crippen molar-refractivity contribution in [2.75, 3.05) is 37.7 Å². The van der Waals surface area contributed by atoms with Gasteiger partial charge in [0.25, 0.3) is 0 Å². The number of aliphatic carboxylic acids is 2. The fourth-order valence-electron chi connectivity index (χ4n) is 4.45. The van der Waals surface area contributed by atoms with Gasteiger partial charge in [-0.15, -0.1) is 0 Å². The average molecular weight is 511 g/mol. The molecule has 2 heterocycles. The highest BCUT2D eigenvalue weighted by molar-refractivity contribution is 5.91. The first kappa shape index (κ1) is 27.7. The molecule has 0 radical (unpaired) electrons. The number of anilines is 1. The van der Waals surface area contributed by atoms with Gasteiger partial charge in [0.15, 0.2) is 0 Å². The van der Waals surface area contributed by atoms with E-state index in [-0.39, 0.29) is 6.09 Å². The SMILES string of the molecule is CCCc1c2c(cc3c1OCCN3C(=O)OCCc1ccccc1)CCNCC2.O=C(O)/C=C/C(=O)O. The van der Waals surface area contributed by atoms with Crippen molar-refractivity contribution in [3.63, 3.8) is 0 Å². The van der Waals surface area contributed by atoms with Crippen LogP contribution in [0.3, 0.4) is 0 Å². The van der Waals surface area contributed by atoms with E-state index in [0.29, 0.717) is 31.9 Å². The van der Waals surface area contributed by atoms with Gasteiger partial charge in [0.05, 0.1) is 18.8 Å². The third-order valence-electron chi connectivity index (χ3n) is 6.09. The van der Waals surface area contributed by atoms with Gasteiger partial charge in [-0.3, -0.25) is 4.90 Å². The molecule has 0 atom stereocenters. The Balaban J connectivity index is 0.000000414. The lowest BCUT2D eigenvalue weighted by atomic mass is 9.92. The van der Waals surface area contributed by atoms with Crippen molar-refractivity contribution in [2.45, 2.75) is 39.0 Å². The maximum Gasteiger partial charge on any atom is 0.414 e. The number of nitrogens with one attached hydrogen (secondary N) is 1. The largest absolute Gasteiger partial charge is 0.489 e. The summed E-state index contributed by atoms with van der Waals surface area (Å²) in [4.78, 5) is 33.8. The van der Waals surface area contributed by atoms with Gasteiger partial charge in [0.1, 0.15) is 12.4 Å². The molecule has 0 fully saturated rings. The molecule has 4 rings (SSSR count). The van der Waals surface area contributed by atoms with Crippen molar-refractivity contribution in [1.82, 2.24) is 5.32 Å². The zero-order chi connectivity index (χ0) is 26.6. The molecular formula is C28H34N2O7. The zero-order valence-corrected chi connectivity index (χ0v) is 21.1. The van der Waals surface area contributed by atoms with E-state index in [2.05, 4.69) is 30.4 Å². The highest BCUT2D eigenvalue weighted by Gasteiger charge is 2.30. The first-order chi connectivity index (χ1) is 17.9. The number of carbonyl (C=O) groups is 3. The number of carboxylic acid groups (broad SMARTS) is 2. The van der Waals surface area contributed by atoms with Crippen LogP contribution in [-0.2, 0) is 40.0 Å². The molecule has 1 amide bonds. The second-order valence-corrected chi connectivity index (χ2v) is 8.70. The maximum absolute atomic E-state index is 12.9. The lowest BCUT2D eigenvalue weighted by molar-refractivity contribution is -0.134. The average Bonchev–Trinajstić information content (AvgIpc) is 3.13. The molecule has 2 aliphatic rings. The minimum absolute atomic E-state index is 0.278. The van der Waals surface area contributed by atoms with Gasteiger partial charge in [-0.1, -0.05) is 43.7 Å². The summed E-state index contributed by atoms with van der Waals surface area (Å²) in [7, 11) is 0. The Bertz CT molecular complexity index is 1100. The van der Waals surface area contributed by atoms with Crippen LogP contribution in [0.4, 0.5) is 10.5 Å². The van der Waals surface area contributed by atoms with Gasteiger partial charge in [-0.25, -0.2) is 14.4 Å². The molecule has 0 aliphatic carbocycles. The van der Waals surface area contributed by atoms with Crippen molar-refractivity contribution in [3.8, 4) is 5.75 Å². The number of carbonyl (C=O) groups excluding carboxylic acids is 1. The van der Waals surface area contributed by atoms with E-state index >= 15 is 0 Å². The highest BCUT2D eigenvalue weighted by atomic mass is 16.6. The molecule has 0 unspecified atom stereocenters. The number of hydrogen-bond acceptors (Lipinski definition) is 6. The van der Waals surface area contributed by atoms with Crippen LogP contribution in [0.1, 0.15) is 35.6 Å². The summed E-state index contributed by atoms with van der Waals surface area (Å²) in [5.74, 6) is -1.63. The van der Waals surface area contributed by atoms with Crippen molar-refractivity contribution in [2.24, 2.45) is 0 Å². The number of hydrogen-bond donors (Lipinski definition) is 3. The molecule has 2 aromatic rings. The molecule has 0 saturated heterocycles. The molecule has 9 heteroatoms. The number of ether oxygens (including phenoxy) is 2. The summed E-state index contributed by atoms with van der Waals surface area (Å²) in [5.41, 5.74) is 6.08. The maximum atomic E-state index is 12.9. The summed E-state index contributed by atoms with van der Waals surface area (Å²) < 4.78 is 11.7. The predicted molar refractivity (Wildman–Crippen MR) is 139 cm³/mol. The van der Waals surface area contributed by atoms with Gasteiger partial charge < -0.3 is 25.0 Å². The van der Waals surface area contributed by atoms with Gasteiger partial charge in [-0.05, 0) is 60.7 Å². The molecule has 2 aromatic carbocycles. The standard InChI is InChI=1S/C24H30N2O3.C4H4O4/c1-2-6-21-20-10-13-25-12-9-19(20)17-22-23(21)28-16-14-26(22)24(27)29-15-11-18-7-4-3-5-8-18;5-3(6)1-2-4(7)8/h3-5,7-8,17,25H,2,6,9-16H2,1H3;1-2H,(H,5,6)(H,7,8)/b;2-1+. The third kappa shape index (κ3) is 8.08. The molecule has 0 bridgehead atoms. The van der Waals surface area contributed by atoms with Crippen LogP contribution in [0.5, 0.6) is 5.75 Å². The highest BCUT2D eigenvalue weighted by Crippen LogP contribution is 2.40. The molecule has 37 heavy (non-hydrogen) atoms. The lowest BCUT2D eigenvalue weighted by Gasteiger charge is -2.32. The van der Waals surface area contributed by atoms with Crippen LogP contribution in [-0.4, -0.2) is 61.1 Å². The van der Waals surface area contributed by atoms with Gasteiger partial charge >= 0.3 is 18.0 Å². The van der Waals surface area contributed by atoms with Crippen LogP contribution in [0.15, 0.2) is 48.6 Å². The molecule has 0 aromatic heterocycles. The van der Waals surface area contributed by atoms with Crippen LogP contribution >= 0.6 is 0 Å². The van der Waals surface area contributed by atoms with E-state index in [1.54, 1.807) is 4.90 Å². The Kier molecular flexibility index (Phi) is 10.5. The molecule has 9 nitrogen and oxygen atoms in total. The quantitative estimate of drug-likeness (QED) is 0.483. The van der Waals surface area contributed by atoms with Crippen molar-refractivity contribution in [1.29, 1.82) is 0 Å². The third-order valence-corrected chi connectivity index (χ3v) is 6.09. The van der Waals surface area contributed by atoms with Crippen LogP contribution in [0.2, 0.25) is 0 Å². The number of amides is 1. The van der Waals surface area contributed by atoms with E-state index in [1.165, 1.54) is 22.3 Å². The minimum atomic E-state index is -1.26. The van der Waals surface area contributed by atoms with Crippen LogP contribution in [0, 0.1) is 0 Å². The molecule has 2 aliphatic heterocycles. The van der Waals surface area contributed by atoms with E-state index in [1.807, 2.05) is 18.2 Å². The molecular weight excluding hydrogens is 476 g/mol. The van der Waals surface area contributed by atoms with E-state index in [4.69, 9.17) is 19.7 Å². The summed E-state index contributed by atoms with van der Waals surface area (Å²) in [6, 6.07) is 12.3. The molecule has 198 valence electrons. The first-order valence-electron chi connectivity index (χ1n) is 12.5. The Morgan fingerprint density at radius 3 is 2.43 bits per heavy atom. The van der Waals surface area contributed by atoms with E-state index < -0.39 is 11.9 Å². The topological polar surface area (TPSA) is 125 Å².